The Labute approximate surface area is 152 Å². The molecule has 0 fully saturated rings. The van der Waals surface area contributed by atoms with Crippen LogP contribution in [0.3, 0.4) is 0 Å². The molecule has 2 rings (SSSR count). The summed E-state index contributed by atoms with van der Waals surface area (Å²) < 4.78 is 5.22. The van der Waals surface area contributed by atoms with Gasteiger partial charge >= 0.3 is 5.97 Å². The average molecular weight is 361 g/mol. The molecule has 1 heterocycles. The van der Waals surface area contributed by atoms with Gasteiger partial charge in [-0.05, 0) is 31.0 Å². The van der Waals surface area contributed by atoms with Crippen LogP contribution >= 0.6 is 11.6 Å². The summed E-state index contributed by atoms with van der Waals surface area (Å²) in [4.78, 5) is 28.4. The number of pyridine rings is 1. The highest BCUT2D eigenvalue weighted by atomic mass is 35.5. The van der Waals surface area contributed by atoms with E-state index < -0.39 is 12.1 Å². The summed E-state index contributed by atoms with van der Waals surface area (Å²) in [5.41, 5.74) is 1.16. The summed E-state index contributed by atoms with van der Waals surface area (Å²) in [6.07, 6.45) is 2.25. The number of benzene rings is 1. The number of carbonyl (C=O) groups excluding carboxylic acids is 2. The highest BCUT2D eigenvalue weighted by Gasteiger charge is 2.23. The Morgan fingerprint density at radius 2 is 1.92 bits per heavy atom. The summed E-state index contributed by atoms with van der Waals surface area (Å²) in [7, 11) is 0. The summed E-state index contributed by atoms with van der Waals surface area (Å²) in [5, 5.41) is 2.99. The van der Waals surface area contributed by atoms with E-state index in [4.69, 9.17) is 16.3 Å². The van der Waals surface area contributed by atoms with Crippen molar-refractivity contribution in [3.63, 3.8) is 0 Å². The summed E-state index contributed by atoms with van der Waals surface area (Å²) in [6.45, 7) is 3.58. The minimum absolute atomic E-state index is 0.0493. The van der Waals surface area contributed by atoms with E-state index in [-0.39, 0.29) is 22.7 Å². The molecule has 0 radical (unpaired) electrons. The first-order valence-corrected chi connectivity index (χ1v) is 8.57. The maximum atomic E-state index is 12.4. The maximum Gasteiger partial charge on any atom is 0.342 e. The Hall–Kier alpha value is -2.40. The standard InChI is InChI=1S/C19H21ClN2O3/c1-3-8-16(14-9-5-4-6-10-14)22-18(23)13(2)25-19(24)15-11-7-12-21-17(15)20/h4-7,9-13,16H,3,8H2,1-2H3,(H,22,23). The topological polar surface area (TPSA) is 68.3 Å². The number of nitrogens with one attached hydrogen (secondary N) is 1. The Morgan fingerprint density at radius 1 is 1.20 bits per heavy atom. The normalized spacial score (nSPS) is 12.9. The van der Waals surface area contributed by atoms with Crippen molar-refractivity contribution in [3.05, 3.63) is 64.9 Å². The van der Waals surface area contributed by atoms with Crippen LogP contribution in [0, 0.1) is 0 Å². The fourth-order valence-corrected chi connectivity index (χ4v) is 2.60. The van der Waals surface area contributed by atoms with Gasteiger partial charge in [0, 0.05) is 6.20 Å². The second-order valence-electron chi connectivity index (χ2n) is 5.65. The van der Waals surface area contributed by atoms with E-state index in [0.29, 0.717) is 0 Å². The lowest BCUT2D eigenvalue weighted by Crippen LogP contribution is -2.38. The van der Waals surface area contributed by atoms with Gasteiger partial charge in [0.1, 0.15) is 5.15 Å². The molecule has 0 saturated heterocycles. The van der Waals surface area contributed by atoms with Crippen LogP contribution in [0.4, 0.5) is 0 Å². The number of aromatic nitrogens is 1. The predicted octanol–water partition coefficient (Wildman–Crippen LogP) is 3.94. The molecule has 0 aliphatic rings. The van der Waals surface area contributed by atoms with Gasteiger partial charge in [-0.2, -0.15) is 0 Å². The zero-order valence-corrected chi connectivity index (χ0v) is 15.0. The molecule has 2 aromatic rings. The molecule has 132 valence electrons. The van der Waals surface area contributed by atoms with Crippen molar-refractivity contribution in [1.29, 1.82) is 0 Å². The van der Waals surface area contributed by atoms with Gasteiger partial charge in [0.2, 0.25) is 0 Å². The molecule has 2 atom stereocenters. The SMILES string of the molecule is CCCC(NC(=O)C(C)OC(=O)c1cccnc1Cl)c1ccccc1. The number of esters is 1. The van der Waals surface area contributed by atoms with E-state index in [0.717, 1.165) is 18.4 Å². The fraction of sp³-hybridized carbons (Fsp3) is 0.316. The first-order chi connectivity index (χ1) is 12.0. The number of carbonyl (C=O) groups is 2. The van der Waals surface area contributed by atoms with Crippen molar-refractivity contribution in [2.45, 2.75) is 38.8 Å². The van der Waals surface area contributed by atoms with Crippen LogP contribution in [0.15, 0.2) is 48.7 Å². The molecule has 1 aromatic heterocycles. The Bertz CT molecular complexity index is 722. The molecule has 5 nitrogen and oxygen atoms in total. The lowest BCUT2D eigenvalue weighted by atomic mass is 10.0. The Balaban J connectivity index is 2.01. The summed E-state index contributed by atoms with van der Waals surface area (Å²) in [5.74, 6) is -1.02. The third-order valence-electron chi connectivity index (χ3n) is 3.73. The van der Waals surface area contributed by atoms with Crippen LogP contribution in [-0.4, -0.2) is 23.0 Å². The Morgan fingerprint density at radius 3 is 2.56 bits per heavy atom. The van der Waals surface area contributed by atoms with Crippen LogP contribution in [-0.2, 0) is 9.53 Å². The fourth-order valence-electron chi connectivity index (χ4n) is 2.40. The van der Waals surface area contributed by atoms with Crippen LogP contribution in [0.5, 0.6) is 0 Å². The zero-order valence-electron chi connectivity index (χ0n) is 14.2. The molecule has 1 aromatic carbocycles. The minimum atomic E-state index is -0.938. The molecule has 1 amide bonds. The van der Waals surface area contributed by atoms with Crippen LogP contribution < -0.4 is 5.32 Å². The van der Waals surface area contributed by atoms with Gasteiger partial charge in [-0.15, -0.1) is 0 Å². The number of halogens is 1. The van der Waals surface area contributed by atoms with Gasteiger partial charge in [-0.3, -0.25) is 4.79 Å². The highest BCUT2D eigenvalue weighted by Crippen LogP contribution is 2.19. The van der Waals surface area contributed by atoms with Crippen molar-refractivity contribution < 1.29 is 14.3 Å². The quantitative estimate of drug-likeness (QED) is 0.600. The summed E-state index contributed by atoms with van der Waals surface area (Å²) in [6, 6.07) is 12.7. The van der Waals surface area contributed by atoms with Crippen LogP contribution in [0.2, 0.25) is 5.15 Å². The molecule has 0 spiro atoms. The number of rotatable bonds is 7. The molecule has 0 bridgehead atoms. The molecule has 0 saturated carbocycles. The monoisotopic (exact) mass is 360 g/mol. The third kappa shape index (κ3) is 5.29. The summed E-state index contributed by atoms with van der Waals surface area (Å²) >= 11 is 5.88. The van der Waals surface area contributed by atoms with Gasteiger partial charge in [-0.25, -0.2) is 9.78 Å². The van der Waals surface area contributed by atoms with E-state index in [9.17, 15) is 9.59 Å². The smallest absolute Gasteiger partial charge is 0.342 e. The molecule has 1 N–H and O–H groups in total. The molecule has 25 heavy (non-hydrogen) atoms. The molecule has 0 aliphatic heterocycles. The van der Waals surface area contributed by atoms with Crippen LogP contribution in [0.1, 0.15) is 48.7 Å². The minimum Gasteiger partial charge on any atom is -0.449 e. The molecule has 6 heteroatoms. The third-order valence-corrected chi connectivity index (χ3v) is 4.03. The van der Waals surface area contributed by atoms with Crippen molar-refractivity contribution in [2.24, 2.45) is 0 Å². The largest absolute Gasteiger partial charge is 0.449 e. The second kappa shape index (κ2) is 9.18. The first-order valence-electron chi connectivity index (χ1n) is 8.19. The van der Waals surface area contributed by atoms with Gasteiger partial charge in [0.05, 0.1) is 11.6 Å². The van der Waals surface area contributed by atoms with Gasteiger partial charge in [-0.1, -0.05) is 55.3 Å². The van der Waals surface area contributed by atoms with E-state index in [1.807, 2.05) is 30.3 Å². The number of amides is 1. The molecule has 2 unspecified atom stereocenters. The van der Waals surface area contributed by atoms with Gasteiger partial charge in [0.15, 0.2) is 6.10 Å². The predicted molar refractivity (Wildman–Crippen MR) is 96.4 cm³/mol. The van der Waals surface area contributed by atoms with E-state index in [1.165, 1.54) is 19.2 Å². The molecular weight excluding hydrogens is 340 g/mol. The number of ether oxygens (including phenoxy) is 1. The van der Waals surface area contributed by atoms with Crippen LogP contribution in [0.25, 0.3) is 0 Å². The highest BCUT2D eigenvalue weighted by molar-refractivity contribution is 6.32. The first kappa shape index (κ1) is 18.9. The maximum absolute atomic E-state index is 12.4. The van der Waals surface area contributed by atoms with Crippen molar-refractivity contribution >= 4 is 23.5 Å². The zero-order chi connectivity index (χ0) is 18.2. The number of hydrogen-bond donors (Lipinski definition) is 1. The lowest BCUT2D eigenvalue weighted by Gasteiger charge is -2.21. The Kier molecular flexibility index (Phi) is 6.95. The second-order valence-corrected chi connectivity index (χ2v) is 6.01. The van der Waals surface area contributed by atoms with Crippen molar-refractivity contribution in [3.8, 4) is 0 Å². The molecule has 0 aliphatic carbocycles. The van der Waals surface area contributed by atoms with Crippen molar-refractivity contribution in [2.75, 3.05) is 0 Å². The average Bonchev–Trinajstić information content (AvgIpc) is 2.62. The van der Waals surface area contributed by atoms with E-state index in [2.05, 4.69) is 17.2 Å². The lowest BCUT2D eigenvalue weighted by molar-refractivity contribution is -0.129. The number of hydrogen-bond acceptors (Lipinski definition) is 4. The molecular formula is C19H21ClN2O3. The van der Waals surface area contributed by atoms with E-state index in [1.54, 1.807) is 6.07 Å². The van der Waals surface area contributed by atoms with Gasteiger partial charge in [0.25, 0.3) is 5.91 Å². The number of nitrogens with zero attached hydrogens (tertiary/aromatic N) is 1. The van der Waals surface area contributed by atoms with E-state index >= 15 is 0 Å². The van der Waals surface area contributed by atoms with Gasteiger partial charge < -0.3 is 10.1 Å². The van der Waals surface area contributed by atoms with Crippen molar-refractivity contribution in [1.82, 2.24) is 10.3 Å².